The van der Waals surface area contributed by atoms with Crippen LogP contribution >= 0.6 is 0 Å². The lowest BCUT2D eigenvalue weighted by Crippen LogP contribution is -2.56. The molecule has 5 N–H and O–H groups in total. The number of hydrogen-bond donors (Lipinski definition) is 4. The van der Waals surface area contributed by atoms with E-state index >= 15 is 0 Å². The van der Waals surface area contributed by atoms with Gasteiger partial charge in [-0.05, 0) is 226 Å². The molecular weight excluding hydrogens is 1480 g/mol. The summed E-state index contributed by atoms with van der Waals surface area (Å²) in [6.07, 6.45) is 29.6. The van der Waals surface area contributed by atoms with Gasteiger partial charge in [-0.3, -0.25) is 62.7 Å². The second-order valence-electron chi connectivity index (χ2n) is 34.7. The Kier molecular flexibility index (Phi) is 33.5. The fourth-order valence-corrected chi connectivity index (χ4v) is 18.9. The van der Waals surface area contributed by atoms with Crippen molar-refractivity contribution in [2.24, 2.45) is 11.7 Å². The van der Waals surface area contributed by atoms with Crippen LogP contribution in [-0.4, -0.2) is 230 Å². The molecule has 0 spiro atoms. The number of unbranched alkanes of at least 4 members (excludes halogenated alkanes) is 12. The van der Waals surface area contributed by atoms with Crippen LogP contribution in [0.1, 0.15) is 220 Å². The molecule has 14 rings (SSSR count). The van der Waals surface area contributed by atoms with E-state index < -0.39 is 12.0 Å². The summed E-state index contributed by atoms with van der Waals surface area (Å²) in [6.45, 7) is 22.5. The number of nitrogens with two attached hydrogens (primary N) is 1. The number of fused-ring (bicyclic) bond motifs is 4. The molecule has 6 aliphatic rings. The van der Waals surface area contributed by atoms with Crippen molar-refractivity contribution in [3.8, 4) is 0 Å². The summed E-state index contributed by atoms with van der Waals surface area (Å²) in [7, 11) is 4.38. The minimum atomic E-state index is -0.487. The number of rotatable bonds is 32. The maximum atomic E-state index is 14.4. The minimum absolute atomic E-state index is 0.00646. The van der Waals surface area contributed by atoms with Gasteiger partial charge in [-0.2, -0.15) is 10.2 Å². The van der Waals surface area contributed by atoms with Gasteiger partial charge >= 0.3 is 11.9 Å². The van der Waals surface area contributed by atoms with Crippen molar-refractivity contribution in [2.45, 2.75) is 244 Å². The number of carbonyl (C=O) groups is 5. The summed E-state index contributed by atoms with van der Waals surface area (Å²) < 4.78 is 14.4. The number of nitrogens with zero attached hydrogens (tertiary/aromatic N) is 11. The Morgan fingerprint density at radius 1 is 0.466 bits per heavy atom. The summed E-state index contributed by atoms with van der Waals surface area (Å²) >= 11 is 0. The number of amides is 3. The van der Waals surface area contributed by atoms with Gasteiger partial charge in [-0.25, -0.2) is 0 Å². The third kappa shape index (κ3) is 24.3. The lowest BCUT2D eigenvalue weighted by molar-refractivity contribution is -0.148. The average molecular weight is 1620 g/mol. The van der Waals surface area contributed by atoms with E-state index in [0.717, 1.165) is 182 Å². The Bertz CT molecular complexity index is 4680. The van der Waals surface area contributed by atoms with Gasteiger partial charge in [0, 0.05) is 119 Å². The van der Waals surface area contributed by atoms with Crippen LogP contribution in [0.25, 0.3) is 43.6 Å². The van der Waals surface area contributed by atoms with Crippen LogP contribution in [0.5, 0.6) is 0 Å². The molecule has 3 amide bonds. The molecule has 4 aromatic heterocycles. The summed E-state index contributed by atoms with van der Waals surface area (Å²) in [5, 5.41) is 21.8. The molecule has 6 fully saturated rings. The Balaban J connectivity index is 0.000000183. The van der Waals surface area contributed by atoms with Gasteiger partial charge in [0.05, 0.1) is 46.4 Å². The average Bonchev–Trinajstić information content (AvgIpc) is 1.15. The first-order valence-electron chi connectivity index (χ1n) is 45.0. The number of piperazine rings is 2. The normalized spacial score (nSPS) is 18.0. The molecule has 10 heterocycles. The SMILES string of the molecule is CCCCCCCCCC(=O)OCn1c(=O)c(C2CCN(C(=O)C[C@H](Cc3cc(C)c4[nH]ncc4c3)C(=O)N3CCN(C4CCN(C)CC4)CC3)CC2)cc2ccccc21.CCCCCCCCCC(=O)OCn1c(=O)c(C2CCNCC2)cc2ccccc21.Cc1cc(C[C@@H](N)C(=O)N2CCN(C3CCN(C)CC3)CC2)cc2cn[nH]c12. The van der Waals surface area contributed by atoms with Crippen molar-refractivity contribution in [1.82, 2.24) is 69.1 Å². The predicted octanol–water partition coefficient (Wildman–Crippen LogP) is 13.1. The Hall–Kier alpha value is -8.65. The van der Waals surface area contributed by atoms with Crippen molar-refractivity contribution in [2.75, 3.05) is 119 Å². The fraction of sp³-hybridized carbons (Fsp3) is 0.606. The lowest BCUT2D eigenvalue weighted by Gasteiger charge is -2.43. The summed E-state index contributed by atoms with van der Waals surface area (Å²) in [5.74, 6) is -0.620. The molecule has 6 saturated heterocycles. The number of pyridine rings is 2. The third-order valence-corrected chi connectivity index (χ3v) is 26.1. The molecular formula is C94H135N15O9. The second kappa shape index (κ2) is 44.6. The van der Waals surface area contributed by atoms with E-state index in [1.165, 1.54) is 96.6 Å². The second-order valence-corrected chi connectivity index (χ2v) is 34.7. The van der Waals surface area contributed by atoms with Crippen molar-refractivity contribution >= 4 is 73.3 Å². The molecule has 0 saturated carbocycles. The zero-order chi connectivity index (χ0) is 82.9. The number of hydrogen-bond acceptors (Lipinski definition) is 17. The number of aromatic nitrogens is 6. The molecule has 640 valence electrons. The predicted molar refractivity (Wildman–Crippen MR) is 470 cm³/mol. The number of carbonyl (C=O) groups excluding carboxylic acids is 5. The van der Waals surface area contributed by atoms with Crippen molar-refractivity contribution in [1.29, 1.82) is 0 Å². The lowest BCUT2D eigenvalue weighted by atomic mass is 9.88. The molecule has 0 radical (unpaired) electrons. The first kappa shape index (κ1) is 88.6. The van der Waals surface area contributed by atoms with E-state index in [1.807, 2.05) is 94.7 Å². The van der Waals surface area contributed by atoms with Crippen LogP contribution in [0.15, 0.2) is 107 Å². The van der Waals surface area contributed by atoms with Crippen molar-refractivity contribution < 1.29 is 33.4 Å². The van der Waals surface area contributed by atoms with Gasteiger partial charge in [0.25, 0.3) is 11.1 Å². The Labute approximate surface area is 698 Å². The van der Waals surface area contributed by atoms with Crippen LogP contribution in [-0.2, 0) is 59.7 Å². The zero-order valence-corrected chi connectivity index (χ0v) is 71.7. The quantitative estimate of drug-likeness (QED) is 0.0225. The van der Waals surface area contributed by atoms with Gasteiger partial charge in [0.2, 0.25) is 17.7 Å². The number of aromatic amines is 2. The molecule has 118 heavy (non-hydrogen) atoms. The highest BCUT2D eigenvalue weighted by Crippen LogP contribution is 2.33. The molecule has 2 atom stereocenters. The topological polar surface area (TPSA) is 266 Å². The number of para-hydroxylation sites is 2. The van der Waals surface area contributed by atoms with Gasteiger partial charge in [-0.1, -0.05) is 139 Å². The largest absolute Gasteiger partial charge is 0.444 e. The summed E-state index contributed by atoms with van der Waals surface area (Å²) in [4.78, 5) is 110. The smallest absolute Gasteiger partial charge is 0.307 e. The summed E-state index contributed by atoms with van der Waals surface area (Å²) in [5.41, 5.74) is 15.6. The van der Waals surface area contributed by atoms with E-state index in [1.54, 1.807) is 9.13 Å². The fourth-order valence-electron chi connectivity index (χ4n) is 18.9. The highest BCUT2D eigenvalue weighted by molar-refractivity contribution is 5.88. The number of piperidine rings is 4. The number of likely N-dealkylation sites (tertiary alicyclic amines) is 3. The number of esters is 2. The minimum Gasteiger partial charge on any atom is -0.444 e. The van der Waals surface area contributed by atoms with Crippen LogP contribution in [0.2, 0.25) is 0 Å². The van der Waals surface area contributed by atoms with Gasteiger partial charge in [0.1, 0.15) is 0 Å². The number of aryl methyl sites for hydroxylation is 2. The van der Waals surface area contributed by atoms with E-state index in [-0.39, 0.29) is 72.5 Å². The monoisotopic (exact) mass is 1620 g/mol. The van der Waals surface area contributed by atoms with E-state index in [0.29, 0.717) is 82.4 Å². The summed E-state index contributed by atoms with van der Waals surface area (Å²) in [6, 6.07) is 28.7. The first-order chi connectivity index (χ1) is 57.4. The van der Waals surface area contributed by atoms with E-state index in [2.05, 4.69) is 104 Å². The van der Waals surface area contributed by atoms with E-state index in [9.17, 15) is 33.6 Å². The number of benzene rings is 4. The van der Waals surface area contributed by atoms with Crippen LogP contribution < -0.4 is 22.2 Å². The molecule has 4 aromatic carbocycles. The molecule has 24 nitrogen and oxygen atoms in total. The Morgan fingerprint density at radius 2 is 0.881 bits per heavy atom. The van der Waals surface area contributed by atoms with Gasteiger partial charge in [-0.15, -0.1) is 0 Å². The molecule has 24 heteroatoms. The van der Waals surface area contributed by atoms with Crippen LogP contribution in [0.4, 0.5) is 0 Å². The highest BCUT2D eigenvalue weighted by Gasteiger charge is 2.36. The number of H-pyrrole nitrogens is 2. The van der Waals surface area contributed by atoms with Gasteiger partial charge < -0.3 is 45.0 Å². The van der Waals surface area contributed by atoms with Crippen molar-refractivity contribution in [3.05, 3.63) is 151 Å². The molecule has 0 bridgehead atoms. The highest BCUT2D eigenvalue weighted by atomic mass is 16.5. The van der Waals surface area contributed by atoms with Crippen LogP contribution in [0.3, 0.4) is 0 Å². The molecule has 0 aliphatic carbocycles. The van der Waals surface area contributed by atoms with E-state index in [4.69, 9.17) is 15.2 Å². The maximum absolute atomic E-state index is 14.4. The number of nitrogens with one attached hydrogen (secondary N) is 3. The van der Waals surface area contributed by atoms with Crippen molar-refractivity contribution in [3.63, 3.8) is 0 Å². The standard InChI is InChI=1S/C48H67N7O5.C25H36N2O3.C21H32N6O/c1-4-5-6-7-8-9-10-15-45(57)60-34-55-43-14-12-11-13-38(43)31-42(48(55)59)37-16-22-53(23-17-37)44(56)32-39(29-36-28-35(2)46-40(30-36)33-49-50-46)47(58)54-26-24-52(25-27-54)41-18-20-51(3)21-19-41;1-2-3-4-5-6-7-8-13-24(28)30-19-27-23-12-10-9-11-21(23)18-22(25(27)29)20-14-16-26-17-15-20;1-15-11-16(12-17-14-23-24-20(15)17)13-19(22)21(28)27-9-7-26(8-10-27)18-3-5-25(2)6-4-18/h11-14,28,30-31,33,37,39,41H,4-10,15-27,29,32,34H2,1-3H3,(H,49,50);9-12,18,20,26H,2-8,13-17,19H2,1H3;11-12,14,18-19H,3-10,13,22H2,1-2H3,(H,23,24)/t39-;;19-/m0.1/s1. The van der Waals surface area contributed by atoms with Crippen LogP contribution in [0, 0.1) is 19.8 Å². The van der Waals surface area contributed by atoms with Gasteiger partial charge in [0.15, 0.2) is 13.5 Å². The Morgan fingerprint density at radius 3 is 1.34 bits per heavy atom. The zero-order valence-electron chi connectivity index (χ0n) is 71.7. The maximum Gasteiger partial charge on any atom is 0.307 e. The third-order valence-electron chi connectivity index (χ3n) is 26.1. The molecule has 6 aliphatic heterocycles. The first-order valence-corrected chi connectivity index (χ1v) is 45.0. The number of ether oxygens (including phenoxy) is 2. The molecule has 0 unspecified atom stereocenters. The molecule has 8 aromatic rings.